The molecule has 8 aliphatic carbocycles. The van der Waals surface area contributed by atoms with E-state index in [4.69, 9.17) is 120 Å². The van der Waals surface area contributed by atoms with E-state index >= 15 is 0 Å². The third kappa shape index (κ3) is 22.3. The van der Waals surface area contributed by atoms with Crippen LogP contribution in [0.5, 0.6) is 0 Å². The molecule has 23 atom stereocenters. The molecule has 15 heterocycles. The van der Waals surface area contributed by atoms with Gasteiger partial charge in [0.15, 0.2) is 66.5 Å². The van der Waals surface area contributed by atoms with Crippen molar-refractivity contribution >= 4 is 139 Å². The average molecular weight is 2010 g/mol. The number of rotatable bonds is 40. The first-order chi connectivity index (χ1) is 58.5. The summed E-state index contributed by atoms with van der Waals surface area (Å²) < 4.78 is 222. The minimum absolute atomic E-state index is 0.262. The maximum atomic E-state index is 8.71. The fourth-order valence-corrected chi connectivity index (χ4v) is 99.0. The molecule has 0 aromatic carbocycles. The van der Waals surface area contributed by atoms with Gasteiger partial charge in [0.25, 0.3) is 0 Å². The summed E-state index contributed by atoms with van der Waals surface area (Å²) in [6, 6.07) is 5.54. The zero-order valence-corrected chi connectivity index (χ0v) is 93.6. The summed E-state index contributed by atoms with van der Waals surface area (Å²) in [6.45, 7) is 36.1. The lowest BCUT2D eigenvalue weighted by molar-refractivity contribution is -0.173. The van der Waals surface area contributed by atoms with E-state index in [1.807, 2.05) is 0 Å². The van der Waals surface area contributed by atoms with Gasteiger partial charge in [0.1, 0.15) is 0 Å². The van der Waals surface area contributed by atoms with Gasteiger partial charge in [-0.2, -0.15) is 0 Å². The SMILES string of the molecule is C[Si](C)(CCC1CC2CC(C1)O2)O[Si]12O[Si]3(O[Si](C)(C)CCC4CCC5OC5C4)O[Si]4(O[Si](C)(C)CCC5CCC6OC6C5)O[Si](O[Si](C)(C)CCC5CCC6OC6C5)(O1)O[Si]1(O[Si](C)(C)CCC5CCC6OC6C5)O[Si](O[Si](C)(C)CCC5CCC6OC6C5)(O2)O[Si](O[Si](C)(C)CCC2CCC5OC5C2)(O3)O[Si](O[Si](C)(C)CCC2CCC3OC3C2)(O4)O1. The van der Waals surface area contributed by atoms with Crippen molar-refractivity contribution in [2.45, 2.75) is 456 Å². The Bertz CT molecular complexity index is 3080. The van der Waals surface area contributed by atoms with E-state index in [1.54, 1.807) is 0 Å². The van der Waals surface area contributed by atoms with Crippen molar-refractivity contribution in [2.75, 3.05) is 0 Å². The monoisotopic (exact) mass is 2010 g/mol. The minimum Gasteiger partial charge on any atom is -0.395 e. The molecule has 23 unspecified atom stereocenters. The Morgan fingerprint density at radius 3 is 0.444 bits per heavy atom. The molecular weight excluding hydrogens is 1860 g/mol. The molecule has 44 heteroatoms. The smallest absolute Gasteiger partial charge is 0.395 e. The van der Waals surface area contributed by atoms with Crippen LogP contribution in [0.4, 0.5) is 0 Å². The van der Waals surface area contributed by atoms with Gasteiger partial charge in [0.05, 0.1) is 97.7 Å². The summed E-state index contributed by atoms with van der Waals surface area (Å²) in [4.78, 5) is 0. The number of hydrogen-bond donors (Lipinski definition) is 0. The first-order valence-corrected chi connectivity index (χ1v) is 87.7. The van der Waals surface area contributed by atoms with Gasteiger partial charge in [-0.15, -0.1) is 0 Å². The fraction of sp³-hybridized carbons (Fsp3) is 1.00. The van der Waals surface area contributed by atoms with E-state index < -0.39 is 139 Å². The Labute approximate surface area is 757 Å². The molecule has 10 bridgehead atoms. The molecule has 8 saturated carbocycles. The quantitative estimate of drug-likeness (QED) is 0.0407. The molecule has 0 aromatic heterocycles. The Balaban J connectivity index is 0.769. The predicted molar refractivity (Wildman–Crippen MR) is 491 cm³/mol. The first kappa shape index (κ1) is 92.7. The van der Waals surface area contributed by atoms with Gasteiger partial charge < -0.3 is 120 Å². The van der Waals surface area contributed by atoms with Gasteiger partial charge >= 0.3 is 72.4 Å². The Hall–Kier alpha value is 2.35. The van der Waals surface area contributed by atoms with Crippen molar-refractivity contribution in [3.8, 4) is 0 Å². The number of hydrogen-bond acceptors (Lipinski definition) is 28. The fourth-order valence-electron chi connectivity index (χ4n) is 24.5. The molecule has 23 fully saturated rings. The maximum Gasteiger partial charge on any atom is 0.651 e. The summed E-state index contributed by atoms with van der Waals surface area (Å²) in [5, 5.41) is 0. The van der Waals surface area contributed by atoms with Gasteiger partial charge in [0.2, 0.25) is 0 Å². The van der Waals surface area contributed by atoms with Crippen molar-refractivity contribution in [3.63, 3.8) is 0 Å². The second-order valence-corrected chi connectivity index (χ2v) is 104. The molecular formula is C80H152O28Si16. The minimum atomic E-state index is -5.53. The maximum absolute atomic E-state index is 8.71. The molecule has 23 aliphatic rings. The summed E-state index contributed by atoms with van der Waals surface area (Å²) in [5.74, 6) is 3.26. The van der Waals surface area contributed by atoms with Crippen LogP contribution in [0.2, 0.25) is 153 Å². The van der Waals surface area contributed by atoms with E-state index in [-0.39, 0.29) is 54.9 Å². The second-order valence-electron chi connectivity index (χ2n) is 47.6. The van der Waals surface area contributed by atoms with Crippen molar-refractivity contribution in [1.29, 1.82) is 0 Å². The summed E-state index contributed by atoms with van der Waals surface area (Å²) in [7, 11) is -70.8. The highest BCUT2D eigenvalue weighted by molar-refractivity contribution is 7.04. The highest BCUT2D eigenvalue weighted by Crippen LogP contribution is 2.58. The van der Waals surface area contributed by atoms with Gasteiger partial charge in [-0.25, -0.2) is 0 Å². The van der Waals surface area contributed by atoms with Crippen LogP contribution < -0.4 is 0 Å². The van der Waals surface area contributed by atoms with E-state index in [9.17, 15) is 0 Å². The number of epoxide rings is 7. The second kappa shape index (κ2) is 34.1. The molecule has 0 amide bonds. The molecule has 0 N–H and O–H groups in total. The molecule has 15 saturated heterocycles. The molecule has 0 radical (unpaired) electrons. The van der Waals surface area contributed by atoms with Crippen LogP contribution in [-0.2, 0) is 120 Å². The molecule has 28 nitrogen and oxygen atoms in total. The van der Waals surface area contributed by atoms with E-state index in [0.29, 0.717) is 138 Å². The highest BCUT2D eigenvalue weighted by Gasteiger charge is 2.93. The lowest BCUT2D eigenvalue weighted by atomic mass is 9.79. The van der Waals surface area contributed by atoms with Gasteiger partial charge in [-0.3, -0.25) is 0 Å². The predicted octanol–water partition coefficient (Wildman–Crippen LogP) is 17.2. The van der Waals surface area contributed by atoms with Crippen molar-refractivity contribution in [3.05, 3.63) is 0 Å². The van der Waals surface area contributed by atoms with Gasteiger partial charge in [-0.05, 0) is 355 Å². The molecule has 0 spiro atoms. The standard InChI is InChI=1S/C80H152O28Si16/c1-109(2,39-31-57-17-24-67-74(49-57)82-67)89-117-97-118(90-110(3,4)40-32-58-18-25-68-75(50-58)83-68)100-121(93-113(9,10)43-35-61-21-28-71-78(53-61)86-71)102-119(98-117,91-111(5,6)41-33-59-19-26-69-76(51-59)84-69)104-123(95-115(13,14)45-37-63-23-30-73-80(55-63)88-73)105-120(99-117,92-112(7,8)42-34-60-20-27-70-77(52-60)85-70)103-122(101-118,94-114(11,12)44-36-62-22-29-72-79(54-62)87-72)107-124(106-121,108-123)96-116(15,16)46-38-64-47-65-56-66(48-64)81-65/h57-80H,17-56H2,1-16H3. The Morgan fingerprint density at radius 1 is 0.169 bits per heavy atom. The van der Waals surface area contributed by atoms with E-state index in [1.165, 1.54) is 0 Å². The van der Waals surface area contributed by atoms with Crippen LogP contribution in [0.15, 0.2) is 0 Å². The highest BCUT2D eigenvalue weighted by atomic mass is 28.7. The molecule has 15 aliphatic heterocycles. The first-order valence-electron chi connectivity index (χ1n) is 49.7. The molecule has 124 heavy (non-hydrogen) atoms. The lowest BCUT2D eigenvalue weighted by Crippen LogP contribution is -2.93. The van der Waals surface area contributed by atoms with E-state index in [0.717, 1.165) is 205 Å². The number of ether oxygens (including phenoxy) is 8. The van der Waals surface area contributed by atoms with Crippen LogP contribution >= 0.6 is 0 Å². The lowest BCUT2D eigenvalue weighted by Gasteiger charge is -2.61. The largest absolute Gasteiger partial charge is 0.651 e. The summed E-state index contributed by atoms with van der Waals surface area (Å²) in [5.41, 5.74) is 0. The van der Waals surface area contributed by atoms with Crippen LogP contribution in [-0.4, -0.2) is 237 Å². The third-order valence-corrected chi connectivity index (χ3v) is 94.0. The zero-order chi connectivity index (χ0) is 85.9. The van der Waals surface area contributed by atoms with Crippen LogP contribution in [0.3, 0.4) is 0 Å². The average Bonchev–Trinajstić information content (AvgIpc) is 1.67. The molecule has 23 rings (SSSR count). The Morgan fingerprint density at radius 2 is 0.306 bits per heavy atom. The normalized spacial score (nSPS) is 47.6. The van der Waals surface area contributed by atoms with Crippen LogP contribution in [0.25, 0.3) is 0 Å². The van der Waals surface area contributed by atoms with Crippen molar-refractivity contribution < 1.29 is 120 Å². The molecule has 704 valence electrons. The van der Waals surface area contributed by atoms with Gasteiger partial charge in [-0.1, -0.05) is 51.4 Å². The third-order valence-electron chi connectivity index (χ3n) is 32.3. The van der Waals surface area contributed by atoms with Crippen LogP contribution in [0, 0.1) is 47.3 Å². The number of fused-ring (bicyclic) bond motifs is 9. The summed E-state index contributed by atoms with van der Waals surface area (Å²) >= 11 is 0. The van der Waals surface area contributed by atoms with Gasteiger partial charge in [0, 0.05) is 0 Å². The van der Waals surface area contributed by atoms with Crippen molar-refractivity contribution in [1.82, 2.24) is 0 Å². The zero-order valence-electron chi connectivity index (χ0n) is 77.6. The Kier molecular flexibility index (Phi) is 25.5. The summed E-state index contributed by atoms with van der Waals surface area (Å²) in [6.07, 6.45) is 36.9. The molecule has 0 aromatic rings. The van der Waals surface area contributed by atoms with E-state index in [2.05, 4.69) is 105 Å². The van der Waals surface area contributed by atoms with Crippen LogP contribution in [0.1, 0.15) is 205 Å². The topological polar surface area (TPSA) is 282 Å². The van der Waals surface area contributed by atoms with Crippen molar-refractivity contribution in [2.24, 2.45) is 47.3 Å².